The maximum absolute atomic E-state index is 3.62. The Morgan fingerprint density at radius 1 is 1.18 bits per heavy atom. The van der Waals surface area contributed by atoms with Gasteiger partial charge in [0.05, 0.1) is 0 Å². The lowest BCUT2D eigenvalue weighted by Crippen LogP contribution is -2.56. The van der Waals surface area contributed by atoms with Crippen molar-refractivity contribution in [2.45, 2.75) is 44.3 Å². The Morgan fingerprint density at radius 2 is 1.94 bits per heavy atom. The van der Waals surface area contributed by atoms with E-state index >= 15 is 0 Å². The van der Waals surface area contributed by atoms with E-state index in [0.717, 1.165) is 12.6 Å². The third kappa shape index (κ3) is 2.24. The van der Waals surface area contributed by atoms with Crippen molar-refractivity contribution >= 4 is 0 Å². The van der Waals surface area contributed by atoms with Crippen LogP contribution in [0.25, 0.3) is 0 Å². The third-order valence-electron chi connectivity index (χ3n) is 4.27. The first-order valence-electron chi connectivity index (χ1n) is 6.88. The lowest BCUT2D eigenvalue weighted by atomic mass is 9.87. The molecule has 2 heteroatoms. The summed E-state index contributed by atoms with van der Waals surface area (Å²) in [5.41, 5.74) is 1.47. The molecule has 0 bridgehead atoms. The highest BCUT2D eigenvalue weighted by Crippen LogP contribution is 2.33. The zero-order chi connectivity index (χ0) is 11.7. The standard InChI is InChI=1S/C15H22N2/c1-12-11-17(14-8-5-9-14)15(10-16-12)13-6-3-2-4-7-13/h2-4,6-7,12,14-16H,5,8-11H2,1H3. The third-order valence-corrected chi connectivity index (χ3v) is 4.27. The van der Waals surface area contributed by atoms with E-state index in [1.165, 1.54) is 31.4 Å². The zero-order valence-electron chi connectivity index (χ0n) is 10.6. The molecule has 0 radical (unpaired) electrons. The molecule has 2 unspecified atom stereocenters. The molecule has 2 aliphatic rings. The van der Waals surface area contributed by atoms with Gasteiger partial charge in [-0.25, -0.2) is 0 Å². The highest BCUT2D eigenvalue weighted by molar-refractivity contribution is 5.20. The molecule has 1 N–H and O–H groups in total. The van der Waals surface area contributed by atoms with Crippen LogP contribution in [0.5, 0.6) is 0 Å². The van der Waals surface area contributed by atoms with E-state index in [9.17, 15) is 0 Å². The van der Waals surface area contributed by atoms with Gasteiger partial charge in [-0.1, -0.05) is 36.8 Å². The molecule has 1 aromatic rings. The Labute approximate surface area is 104 Å². The monoisotopic (exact) mass is 230 g/mol. The molecule has 1 saturated heterocycles. The first-order chi connectivity index (χ1) is 8.34. The second-order valence-electron chi connectivity index (χ2n) is 5.52. The average Bonchev–Trinajstić information content (AvgIpc) is 2.28. The Balaban J connectivity index is 1.80. The van der Waals surface area contributed by atoms with E-state index < -0.39 is 0 Å². The van der Waals surface area contributed by atoms with Crippen LogP contribution in [0, 0.1) is 0 Å². The molecular weight excluding hydrogens is 208 g/mol. The molecule has 0 amide bonds. The fourth-order valence-corrected chi connectivity index (χ4v) is 3.04. The number of hydrogen-bond acceptors (Lipinski definition) is 2. The van der Waals surface area contributed by atoms with Crippen molar-refractivity contribution in [2.24, 2.45) is 0 Å². The summed E-state index contributed by atoms with van der Waals surface area (Å²) in [6.07, 6.45) is 4.22. The van der Waals surface area contributed by atoms with E-state index in [1.807, 2.05) is 0 Å². The summed E-state index contributed by atoms with van der Waals surface area (Å²) < 4.78 is 0. The lowest BCUT2D eigenvalue weighted by Gasteiger charge is -2.47. The van der Waals surface area contributed by atoms with Crippen molar-refractivity contribution in [1.29, 1.82) is 0 Å². The minimum Gasteiger partial charge on any atom is -0.311 e. The summed E-state index contributed by atoms with van der Waals surface area (Å²) in [6.45, 7) is 4.60. The molecule has 92 valence electrons. The van der Waals surface area contributed by atoms with Crippen LogP contribution < -0.4 is 5.32 Å². The second-order valence-corrected chi connectivity index (χ2v) is 5.52. The summed E-state index contributed by atoms with van der Waals surface area (Å²) in [5, 5.41) is 3.62. The lowest BCUT2D eigenvalue weighted by molar-refractivity contribution is 0.0446. The van der Waals surface area contributed by atoms with Crippen molar-refractivity contribution in [3.8, 4) is 0 Å². The average molecular weight is 230 g/mol. The molecule has 17 heavy (non-hydrogen) atoms. The molecule has 1 aliphatic carbocycles. The van der Waals surface area contributed by atoms with Gasteiger partial charge in [0.25, 0.3) is 0 Å². The molecule has 2 fully saturated rings. The fourth-order valence-electron chi connectivity index (χ4n) is 3.04. The number of rotatable bonds is 2. The van der Waals surface area contributed by atoms with Gasteiger partial charge in [0.15, 0.2) is 0 Å². The molecular formula is C15H22N2. The highest BCUT2D eigenvalue weighted by atomic mass is 15.3. The minimum absolute atomic E-state index is 0.581. The molecule has 1 aliphatic heterocycles. The molecule has 1 heterocycles. The van der Waals surface area contributed by atoms with Crippen LogP contribution in [0.15, 0.2) is 30.3 Å². The van der Waals surface area contributed by atoms with Gasteiger partial charge in [0.2, 0.25) is 0 Å². The highest BCUT2D eigenvalue weighted by Gasteiger charge is 2.34. The Kier molecular flexibility index (Phi) is 3.17. The van der Waals surface area contributed by atoms with E-state index in [4.69, 9.17) is 0 Å². The molecule has 2 nitrogen and oxygen atoms in total. The molecule has 2 atom stereocenters. The van der Waals surface area contributed by atoms with Gasteiger partial charge in [0.1, 0.15) is 0 Å². The number of nitrogens with zero attached hydrogens (tertiary/aromatic N) is 1. The van der Waals surface area contributed by atoms with Gasteiger partial charge in [-0.3, -0.25) is 4.90 Å². The molecule has 1 saturated carbocycles. The van der Waals surface area contributed by atoms with Crippen LogP contribution in [0.3, 0.4) is 0 Å². The number of piperazine rings is 1. The Morgan fingerprint density at radius 3 is 2.59 bits per heavy atom. The predicted molar refractivity (Wildman–Crippen MR) is 71.0 cm³/mol. The Bertz CT molecular complexity index is 358. The topological polar surface area (TPSA) is 15.3 Å². The Hall–Kier alpha value is -0.860. The van der Waals surface area contributed by atoms with Crippen LogP contribution in [-0.2, 0) is 0 Å². The van der Waals surface area contributed by atoms with E-state index in [-0.39, 0.29) is 0 Å². The predicted octanol–water partition coefficient (Wildman–Crippen LogP) is 2.57. The maximum atomic E-state index is 3.62. The van der Waals surface area contributed by atoms with Crippen LogP contribution in [-0.4, -0.2) is 30.1 Å². The number of nitrogens with one attached hydrogen (secondary N) is 1. The molecule has 0 spiro atoms. The number of benzene rings is 1. The van der Waals surface area contributed by atoms with Gasteiger partial charge < -0.3 is 5.32 Å². The molecule has 3 rings (SSSR count). The van der Waals surface area contributed by atoms with Gasteiger partial charge in [-0.15, -0.1) is 0 Å². The summed E-state index contributed by atoms with van der Waals surface area (Å²) in [4.78, 5) is 2.74. The largest absolute Gasteiger partial charge is 0.311 e. The second kappa shape index (κ2) is 4.79. The van der Waals surface area contributed by atoms with Crippen LogP contribution in [0.2, 0.25) is 0 Å². The van der Waals surface area contributed by atoms with Crippen LogP contribution in [0.1, 0.15) is 37.8 Å². The van der Waals surface area contributed by atoms with Gasteiger partial charge in [-0.2, -0.15) is 0 Å². The molecule has 1 aromatic carbocycles. The van der Waals surface area contributed by atoms with Gasteiger partial charge >= 0.3 is 0 Å². The van der Waals surface area contributed by atoms with Crippen LogP contribution in [0.4, 0.5) is 0 Å². The fraction of sp³-hybridized carbons (Fsp3) is 0.600. The van der Waals surface area contributed by atoms with Gasteiger partial charge in [0, 0.05) is 31.2 Å². The number of hydrogen-bond donors (Lipinski definition) is 1. The summed E-state index contributed by atoms with van der Waals surface area (Å²) in [6, 6.07) is 13.0. The van der Waals surface area contributed by atoms with E-state index in [1.54, 1.807) is 0 Å². The summed E-state index contributed by atoms with van der Waals surface area (Å²) >= 11 is 0. The smallest absolute Gasteiger partial charge is 0.0476 e. The van der Waals surface area contributed by atoms with E-state index in [2.05, 4.69) is 47.5 Å². The van der Waals surface area contributed by atoms with Crippen LogP contribution >= 0.6 is 0 Å². The van der Waals surface area contributed by atoms with E-state index in [0.29, 0.717) is 12.1 Å². The summed E-state index contributed by atoms with van der Waals surface area (Å²) in [7, 11) is 0. The zero-order valence-corrected chi connectivity index (χ0v) is 10.6. The quantitative estimate of drug-likeness (QED) is 0.840. The van der Waals surface area contributed by atoms with Crippen molar-refractivity contribution in [1.82, 2.24) is 10.2 Å². The van der Waals surface area contributed by atoms with Crippen molar-refractivity contribution < 1.29 is 0 Å². The molecule has 0 aromatic heterocycles. The first kappa shape index (κ1) is 11.2. The van der Waals surface area contributed by atoms with Crippen molar-refractivity contribution in [3.05, 3.63) is 35.9 Å². The maximum Gasteiger partial charge on any atom is 0.0476 e. The minimum atomic E-state index is 0.581. The summed E-state index contributed by atoms with van der Waals surface area (Å²) in [5.74, 6) is 0. The first-order valence-corrected chi connectivity index (χ1v) is 6.88. The van der Waals surface area contributed by atoms with Crippen molar-refractivity contribution in [2.75, 3.05) is 13.1 Å². The van der Waals surface area contributed by atoms with Crippen molar-refractivity contribution in [3.63, 3.8) is 0 Å². The van der Waals surface area contributed by atoms with Gasteiger partial charge in [-0.05, 0) is 25.3 Å². The normalized spacial score (nSPS) is 31.1. The SMILES string of the molecule is CC1CN(C2CCC2)C(c2ccccc2)CN1.